The van der Waals surface area contributed by atoms with Gasteiger partial charge in [-0.05, 0) is 24.5 Å². The van der Waals surface area contributed by atoms with E-state index in [4.69, 9.17) is 18.9 Å². The molecule has 0 saturated carbocycles. The van der Waals surface area contributed by atoms with Crippen LogP contribution >= 0.6 is 0 Å². The molecule has 3 fully saturated rings. The Hall–Kier alpha value is -1.45. The molecule has 2 bridgehead atoms. The van der Waals surface area contributed by atoms with E-state index in [1.807, 2.05) is 12.1 Å². The molecule has 4 heterocycles. The maximum Gasteiger partial charge on any atom is 0.313 e. The molecule has 0 radical (unpaired) electrons. The number of hydrogen-bond donors (Lipinski definition) is 0. The first-order valence-corrected chi connectivity index (χ1v) is 7.58. The zero-order valence-corrected chi connectivity index (χ0v) is 13.1. The molecule has 118 valence electrons. The normalized spacial score (nSPS) is 29.9. The average Bonchev–Trinajstić information content (AvgIpc) is 2.57. The fourth-order valence-electron chi connectivity index (χ4n) is 2.84. The van der Waals surface area contributed by atoms with E-state index in [2.05, 4.69) is 23.7 Å². The number of methoxy groups -OCH3 is 1. The van der Waals surface area contributed by atoms with Crippen molar-refractivity contribution in [2.75, 3.05) is 33.5 Å². The molecule has 5 heteroatoms. The van der Waals surface area contributed by atoms with E-state index >= 15 is 0 Å². The van der Waals surface area contributed by atoms with Crippen molar-refractivity contribution in [2.24, 2.45) is 5.41 Å². The van der Waals surface area contributed by atoms with E-state index in [-0.39, 0.29) is 5.41 Å². The molecule has 0 aliphatic carbocycles. The van der Waals surface area contributed by atoms with Crippen molar-refractivity contribution in [1.29, 1.82) is 0 Å². The lowest BCUT2D eigenvalue weighted by Gasteiger charge is -2.51. The zero-order chi connectivity index (χ0) is 15.5. The number of pyridine rings is 1. The minimum absolute atomic E-state index is 0.00942. The first kappa shape index (κ1) is 15.4. The van der Waals surface area contributed by atoms with Crippen molar-refractivity contribution in [3.8, 4) is 11.8 Å². The van der Waals surface area contributed by atoms with Crippen LogP contribution in [0, 0.1) is 17.3 Å². The van der Waals surface area contributed by atoms with Gasteiger partial charge in [0, 0.05) is 18.7 Å². The van der Waals surface area contributed by atoms with Crippen molar-refractivity contribution in [2.45, 2.75) is 25.7 Å². The van der Waals surface area contributed by atoms with E-state index in [0.29, 0.717) is 32.1 Å². The Morgan fingerprint density at radius 1 is 1.23 bits per heavy atom. The number of nitrogens with zero attached hydrogens (tertiary/aromatic N) is 1. The van der Waals surface area contributed by atoms with Gasteiger partial charge in [0.15, 0.2) is 0 Å². The fraction of sp³-hybridized carbons (Fsp3) is 0.588. The Labute approximate surface area is 130 Å². The van der Waals surface area contributed by atoms with Crippen molar-refractivity contribution in [3.63, 3.8) is 0 Å². The van der Waals surface area contributed by atoms with Gasteiger partial charge in [-0.1, -0.05) is 19.3 Å². The molecule has 0 amide bonds. The fourth-order valence-corrected chi connectivity index (χ4v) is 2.84. The standard InChI is InChI=1S/C17H21NO4/c1-3-8-16-11-20-17(21-12-16,22-13-16)14-6-7-15(18-10-14)5-4-9-19-2/h6-7,10H,3,8-9,11-13H2,1-2H3. The van der Waals surface area contributed by atoms with Gasteiger partial charge in [-0.2, -0.15) is 0 Å². The summed E-state index contributed by atoms with van der Waals surface area (Å²) >= 11 is 0. The molecule has 3 aliphatic heterocycles. The highest BCUT2D eigenvalue weighted by Crippen LogP contribution is 2.45. The van der Waals surface area contributed by atoms with Crippen molar-refractivity contribution in [1.82, 2.24) is 4.98 Å². The summed E-state index contributed by atoms with van der Waals surface area (Å²) in [5.41, 5.74) is 1.47. The second-order valence-electron chi connectivity index (χ2n) is 5.84. The van der Waals surface area contributed by atoms with Crippen LogP contribution in [0.15, 0.2) is 18.3 Å². The second kappa shape index (κ2) is 6.35. The Morgan fingerprint density at radius 3 is 2.50 bits per heavy atom. The van der Waals surface area contributed by atoms with Crippen molar-refractivity contribution < 1.29 is 18.9 Å². The molecule has 22 heavy (non-hydrogen) atoms. The topological polar surface area (TPSA) is 49.8 Å². The van der Waals surface area contributed by atoms with Gasteiger partial charge in [0.2, 0.25) is 0 Å². The smallest absolute Gasteiger partial charge is 0.313 e. The van der Waals surface area contributed by atoms with Gasteiger partial charge in [0.25, 0.3) is 0 Å². The molecule has 1 aromatic heterocycles. The van der Waals surface area contributed by atoms with Crippen molar-refractivity contribution >= 4 is 0 Å². The van der Waals surface area contributed by atoms with E-state index in [9.17, 15) is 0 Å². The Bertz CT molecular complexity index is 548. The highest BCUT2D eigenvalue weighted by molar-refractivity contribution is 5.30. The summed E-state index contributed by atoms with van der Waals surface area (Å²) in [5, 5.41) is 0. The van der Waals surface area contributed by atoms with E-state index in [0.717, 1.165) is 18.4 Å². The molecule has 3 saturated heterocycles. The van der Waals surface area contributed by atoms with E-state index < -0.39 is 5.97 Å². The number of ether oxygens (including phenoxy) is 4. The maximum atomic E-state index is 5.90. The molecule has 0 N–H and O–H groups in total. The lowest BCUT2D eigenvalue weighted by molar-refractivity contribution is -0.480. The third-order valence-corrected chi connectivity index (χ3v) is 4.04. The lowest BCUT2D eigenvalue weighted by atomic mass is 9.84. The van der Waals surface area contributed by atoms with Gasteiger partial charge in [-0.25, -0.2) is 4.98 Å². The molecular weight excluding hydrogens is 282 g/mol. The Balaban J connectivity index is 1.72. The van der Waals surface area contributed by atoms with Gasteiger partial charge < -0.3 is 18.9 Å². The van der Waals surface area contributed by atoms with Crippen molar-refractivity contribution in [3.05, 3.63) is 29.6 Å². The van der Waals surface area contributed by atoms with Gasteiger partial charge in [-0.15, -0.1) is 0 Å². The SMILES string of the molecule is CCCC12COC(c3ccc(C#CCOC)nc3)(OC1)OC2. The largest absolute Gasteiger partial charge is 0.372 e. The van der Waals surface area contributed by atoms with E-state index in [1.54, 1.807) is 13.3 Å². The molecule has 0 aromatic carbocycles. The number of aromatic nitrogens is 1. The molecule has 1 aromatic rings. The summed E-state index contributed by atoms with van der Waals surface area (Å²) in [6.45, 7) is 4.55. The zero-order valence-electron chi connectivity index (χ0n) is 13.1. The summed E-state index contributed by atoms with van der Waals surface area (Å²) in [4.78, 5) is 4.32. The monoisotopic (exact) mass is 303 g/mol. The second-order valence-corrected chi connectivity index (χ2v) is 5.84. The maximum absolute atomic E-state index is 5.90. The van der Waals surface area contributed by atoms with Crippen LogP contribution < -0.4 is 0 Å². The van der Waals surface area contributed by atoms with E-state index in [1.165, 1.54) is 0 Å². The van der Waals surface area contributed by atoms with Gasteiger partial charge >= 0.3 is 5.97 Å². The minimum Gasteiger partial charge on any atom is -0.372 e. The molecule has 3 aliphatic rings. The Morgan fingerprint density at radius 2 is 1.95 bits per heavy atom. The van der Waals surface area contributed by atoms with Crippen LogP contribution in [0.4, 0.5) is 0 Å². The first-order chi connectivity index (χ1) is 10.7. The highest BCUT2D eigenvalue weighted by atomic mass is 16.9. The number of hydrogen-bond acceptors (Lipinski definition) is 5. The summed E-state index contributed by atoms with van der Waals surface area (Å²) in [6.07, 6.45) is 3.85. The van der Waals surface area contributed by atoms with Crippen LogP contribution in [0.3, 0.4) is 0 Å². The van der Waals surface area contributed by atoms with Gasteiger partial charge in [-0.3, -0.25) is 0 Å². The summed E-state index contributed by atoms with van der Waals surface area (Å²) < 4.78 is 22.6. The minimum atomic E-state index is -1.10. The molecule has 4 rings (SSSR count). The van der Waals surface area contributed by atoms with Crippen LogP contribution in [0.2, 0.25) is 0 Å². The van der Waals surface area contributed by atoms with Gasteiger partial charge in [0.05, 0.1) is 25.4 Å². The molecule has 0 unspecified atom stereocenters. The highest BCUT2D eigenvalue weighted by Gasteiger charge is 2.53. The van der Waals surface area contributed by atoms with Crippen LogP contribution in [-0.2, 0) is 24.9 Å². The quantitative estimate of drug-likeness (QED) is 0.797. The molecule has 5 nitrogen and oxygen atoms in total. The lowest BCUT2D eigenvalue weighted by Crippen LogP contribution is -2.58. The predicted molar refractivity (Wildman–Crippen MR) is 79.9 cm³/mol. The average molecular weight is 303 g/mol. The number of fused-ring (bicyclic) bond motifs is 3. The summed E-state index contributed by atoms with van der Waals surface area (Å²) in [7, 11) is 1.61. The Kier molecular flexibility index (Phi) is 4.46. The molecule has 0 spiro atoms. The first-order valence-electron chi connectivity index (χ1n) is 7.58. The van der Waals surface area contributed by atoms with Crippen LogP contribution in [0.25, 0.3) is 0 Å². The van der Waals surface area contributed by atoms with Gasteiger partial charge in [0.1, 0.15) is 12.3 Å². The van der Waals surface area contributed by atoms with Crippen LogP contribution in [-0.4, -0.2) is 38.5 Å². The van der Waals surface area contributed by atoms with Crippen LogP contribution in [0.1, 0.15) is 31.0 Å². The molecule has 0 atom stereocenters. The third-order valence-electron chi connectivity index (χ3n) is 4.04. The summed E-state index contributed by atoms with van der Waals surface area (Å²) in [6, 6.07) is 3.73. The third kappa shape index (κ3) is 2.88. The molecular formula is C17H21NO4. The number of rotatable bonds is 4. The predicted octanol–water partition coefficient (Wildman–Crippen LogP) is 2.05. The summed E-state index contributed by atoms with van der Waals surface area (Å²) in [5.74, 6) is 4.71. The van der Waals surface area contributed by atoms with Crippen LogP contribution in [0.5, 0.6) is 0 Å².